The molecule has 4 rings (SSSR count). The quantitative estimate of drug-likeness (QED) is 0.249. The van der Waals surface area contributed by atoms with Crippen LogP contribution in [0, 0.1) is 0 Å². The van der Waals surface area contributed by atoms with E-state index in [1.165, 1.54) is 6.07 Å². The molecule has 0 radical (unpaired) electrons. The standard InChI is InChI=1S/C24H16BrN3O4/c25-18-7-5-15(6-8-18)24(31)32-28-20-11-9-19(10-12-20)26-27-23(30)21-13-16-3-1-2-4-17(16)14-22(21)29/h1-14,28-29H. The fraction of sp³-hybridized carbons (Fsp3) is 0. The van der Waals surface area contributed by atoms with E-state index < -0.39 is 11.9 Å². The molecule has 32 heavy (non-hydrogen) atoms. The number of anilines is 1. The molecule has 0 unspecified atom stereocenters. The average Bonchev–Trinajstić information content (AvgIpc) is 2.81. The van der Waals surface area contributed by atoms with Crippen LogP contribution in [0.15, 0.2) is 99.6 Å². The van der Waals surface area contributed by atoms with Gasteiger partial charge in [0.1, 0.15) is 5.75 Å². The lowest BCUT2D eigenvalue weighted by Gasteiger charge is -2.07. The molecule has 0 aliphatic heterocycles. The van der Waals surface area contributed by atoms with Crippen LogP contribution < -0.4 is 5.48 Å². The third kappa shape index (κ3) is 4.98. The van der Waals surface area contributed by atoms with Crippen molar-refractivity contribution in [3.63, 3.8) is 0 Å². The minimum absolute atomic E-state index is 0.0746. The van der Waals surface area contributed by atoms with Gasteiger partial charge in [-0.25, -0.2) is 10.3 Å². The molecule has 0 heterocycles. The van der Waals surface area contributed by atoms with Gasteiger partial charge in [0.05, 0.1) is 22.5 Å². The number of carbonyl (C=O) groups is 2. The van der Waals surface area contributed by atoms with E-state index in [0.717, 1.165) is 15.2 Å². The Labute approximate surface area is 191 Å². The lowest BCUT2D eigenvalue weighted by molar-refractivity contribution is 0.0596. The SMILES string of the molecule is O=C(ONc1ccc(N=NC(=O)c2cc3ccccc3cc2O)cc1)c1ccc(Br)cc1. The van der Waals surface area contributed by atoms with Crippen LogP contribution >= 0.6 is 15.9 Å². The Morgan fingerprint density at radius 2 is 1.53 bits per heavy atom. The van der Waals surface area contributed by atoms with Crippen LogP contribution in [0.25, 0.3) is 10.8 Å². The van der Waals surface area contributed by atoms with Gasteiger partial charge in [0.2, 0.25) is 0 Å². The van der Waals surface area contributed by atoms with Crippen LogP contribution in [0.2, 0.25) is 0 Å². The van der Waals surface area contributed by atoms with Crippen molar-refractivity contribution in [2.24, 2.45) is 10.2 Å². The topological polar surface area (TPSA) is 100 Å². The van der Waals surface area contributed by atoms with Crippen LogP contribution in [0.4, 0.5) is 11.4 Å². The Kier molecular flexibility index (Phi) is 6.23. The van der Waals surface area contributed by atoms with Crippen LogP contribution in [0.3, 0.4) is 0 Å². The number of nitrogens with one attached hydrogen (secondary N) is 1. The van der Waals surface area contributed by atoms with Gasteiger partial charge < -0.3 is 9.94 Å². The van der Waals surface area contributed by atoms with Gasteiger partial charge in [0.25, 0.3) is 5.91 Å². The molecule has 8 heteroatoms. The molecule has 0 saturated carbocycles. The second kappa shape index (κ2) is 9.40. The maximum Gasteiger partial charge on any atom is 0.362 e. The van der Waals surface area contributed by atoms with E-state index in [9.17, 15) is 14.7 Å². The first kappa shape index (κ1) is 21.2. The summed E-state index contributed by atoms with van der Waals surface area (Å²) in [5.74, 6) is -1.33. The number of phenols is 1. The van der Waals surface area contributed by atoms with Crippen LogP contribution in [-0.4, -0.2) is 17.0 Å². The zero-order chi connectivity index (χ0) is 22.5. The molecule has 0 aliphatic carbocycles. The summed E-state index contributed by atoms with van der Waals surface area (Å²) in [6, 6.07) is 23.7. The van der Waals surface area contributed by atoms with Crippen molar-refractivity contribution >= 4 is 50.0 Å². The number of azo groups is 1. The van der Waals surface area contributed by atoms with Gasteiger partial charge in [-0.1, -0.05) is 40.2 Å². The molecule has 0 atom stereocenters. The highest BCUT2D eigenvalue weighted by molar-refractivity contribution is 9.10. The van der Waals surface area contributed by atoms with Crippen molar-refractivity contribution < 1.29 is 19.5 Å². The van der Waals surface area contributed by atoms with E-state index in [2.05, 4.69) is 31.6 Å². The first-order valence-corrected chi connectivity index (χ1v) is 10.3. The Balaban J connectivity index is 1.39. The minimum Gasteiger partial charge on any atom is -0.507 e. The minimum atomic E-state index is -0.654. The first-order valence-electron chi connectivity index (χ1n) is 9.50. The van der Waals surface area contributed by atoms with Gasteiger partial charge in [-0.05, 0) is 71.4 Å². The van der Waals surface area contributed by atoms with Crippen LogP contribution in [0.5, 0.6) is 5.75 Å². The number of amides is 1. The molecule has 158 valence electrons. The molecular formula is C24H16BrN3O4. The number of rotatable bonds is 5. The van der Waals surface area contributed by atoms with E-state index in [0.29, 0.717) is 16.9 Å². The van der Waals surface area contributed by atoms with E-state index in [-0.39, 0.29) is 11.3 Å². The highest BCUT2D eigenvalue weighted by atomic mass is 79.9. The summed E-state index contributed by atoms with van der Waals surface area (Å²) < 4.78 is 0.862. The molecule has 0 bridgehead atoms. The molecule has 0 spiro atoms. The monoisotopic (exact) mass is 489 g/mol. The lowest BCUT2D eigenvalue weighted by atomic mass is 10.1. The van der Waals surface area contributed by atoms with Crippen molar-refractivity contribution in [1.29, 1.82) is 0 Å². The molecule has 7 nitrogen and oxygen atoms in total. The largest absolute Gasteiger partial charge is 0.507 e. The summed E-state index contributed by atoms with van der Waals surface area (Å²) in [5, 5.41) is 19.4. The number of carbonyl (C=O) groups excluding carboxylic acids is 2. The predicted octanol–water partition coefficient (Wildman–Crippen LogP) is 6.42. The number of hydrogen-bond acceptors (Lipinski definition) is 6. The van der Waals surface area contributed by atoms with Gasteiger partial charge in [-0.3, -0.25) is 4.79 Å². The van der Waals surface area contributed by atoms with Gasteiger partial charge in [-0.15, -0.1) is 10.2 Å². The average molecular weight is 490 g/mol. The van der Waals surface area contributed by atoms with Crippen LogP contribution in [0.1, 0.15) is 20.7 Å². The highest BCUT2D eigenvalue weighted by Crippen LogP contribution is 2.26. The van der Waals surface area contributed by atoms with Crippen LogP contribution in [-0.2, 0) is 4.84 Å². The molecule has 0 saturated heterocycles. The maximum atomic E-state index is 12.4. The fourth-order valence-corrected chi connectivity index (χ4v) is 3.17. The van der Waals surface area contributed by atoms with Gasteiger partial charge in [-0.2, -0.15) is 0 Å². The number of phenolic OH excluding ortho intramolecular Hbond substituents is 1. The van der Waals surface area contributed by atoms with Crippen molar-refractivity contribution in [3.05, 3.63) is 101 Å². The Morgan fingerprint density at radius 1 is 0.875 bits per heavy atom. The number of hydrogen-bond donors (Lipinski definition) is 2. The smallest absolute Gasteiger partial charge is 0.362 e. The number of benzene rings is 4. The number of halogens is 1. The zero-order valence-corrected chi connectivity index (χ0v) is 18.1. The second-order valence-electron chi connectivity index (χ2n) is 6.77. The summed E-state index contributed by atoms with van der Waals surface area (Å²) >= 11 is 3.31. The summed E-state index contributed by atoms with van der Waals surface area (Å²) in [6.45, 7) is 0. The molecule has 0 aromatic heterocycles. The number of aromatic hydroxyl groups is 1. The van der Waals surface area contributed by atoms with E-state index in [4.69, 9.17) is 4.84 Å². The van der Waals surface area contributed by atoms with Gasteiger partial charge >= 0.3 is 5.97 Å². The molecule has 4 aromatic rings. The maximum absolute atomic E-state index is 12.4. The molecule has 4 aromatic carbocycles. The fourth-order valence-electron chi connectivity index (χ4n) is 2.90. The van der Waals surface area contributed by atoms with Gasteiger partial charge in [0, 0.05) is 4.47 Å². The Morgan fingerprint density at radius 3 is 2.22 bits per heavy atom. The van der Waals surface area contributed by atoms with E-state index in [1.807, 2.05) is 24.3 Å². The van der Waals surface area contributed by atoms with Crippen molar-refractivity contribution in [2.75, 3.05) is 5.48 Å². The van der Waals surface area contributed by atoms with E-state index in [1.54, 1.807) is 54.6 Å². The summed E-state index contributed by atoms with van der Waals surface area (Å²) in [7, 11) is 0. The molecule has 0 aliphatic rings. The van der Waals surface area contributed by atoms with Gasteiger partial charge in [0.15, 0.2) is 0 Å². The summed E-state index contributed by atoms with van der Waals surface area (Å²) in [5.41, 5.74) is 3.99. The van der Waals surface area contributed by atoms with Crippen molar-refractivity contribution in [3.8, 4) is 5.75 Å². The first-order chi connectivity index (χ1) is 15.5. The Hall–Kier alpha value is -4.04. The molecule has 1 amide bonds. The number of fused-ring (bicyclic) bond motifs is 1. The molecule has 2 N–H and O–H groups in total. The van der Waals surface area contributed by atoms with Crippen molar-refractivity contribution in [2.45, 2.75) is 0 Å². The van der Waals surface area contributed by atoms with E-state index >= 15 is 0 Å². The highest BCUT2D eigenvalue weighted by Gasteiger charge is 2.12. The third-order valence-electron chi connectivity index (χ3n) is 4.56. The Bertz CT molecular complexity index is 1320. The van der Waals surface area contributed by atoms with Crippen molar-refractivity contribution in [1.82, 2.24) is 0 Å². The predicted molar refractivity (Wildman–Crippen MR) is 124 cm³/mol. The number of nitrogens with zero attached hydrogens (tertiary/aromatic N) is 2. The molecular weight excluding hydrogens is 474 g/mol. The zero-order valence-electron chi connectivity index (χ0n) is 16.5. The summed E-state index contributed by atoms with van der Waals surface area (Å²) in [4.78, 5) is 29.5. The third-order valence-corrected chi connectivity index (χ3v) is 5.09. The second-order valence-corrected chi connectivity index (χ2v) is 7.68. The molecule has 0 fully saturated rings. The lowest BCUT2D eigenvalue weighted by Crippen LogP contribution is -2.10. The summed E-state index contributed by atoms with van der Waals surface area (Å²) in [6.07, 6.45) is 0. The normalized spacial score (nSPS) is 10.9.